The first kappa shape index (κ1) is 39.4. The number of methoxy groups -OCH3 is 2. The maximum atomic E-state index is 7.23. The normalized spacial score (nSPS) is 16.7. The Bertz CT molecular complexity index is 1910. The lowest BCUT2D eigenvalue weighted by Gasteiger charge is -2.46. The molecule has 6 aromatic carbocycles. The van der Waals surface area contributed by atoms with Gasteiger partial charge in [-0.05, 0) is 37.7 Å². The fraction of sp³-hybridized carbons (Fsp3) is 0.224. The summed E-state index contributed by atoms with van der Waals surface area (Å²) in [5.74, 6) is 1.98. The molecular weight excluding hydrogens is 707 g/mol. The van der Waals surface area contributed by atoms with Crippen LogP contribution in [0.15, 0.2) is 194 Å². The number of hydrogen-bond acceptors (Lipinski definition) is 5. The third-order valence-corrected chi connectivity index (χ3v) is 16.2. The molecule has 0 N–H and O–H groups in total. The Labute approximate surface area is 334 Å². The zero-order valence-corrected chi connectivity index (χ0v) is 34.0. The van der Waals surface area contributed by atoms with E-state index in [4.69, 9.17) is 23.2 Å². The molecule has 0 spiro atoms. The molecule has 7 heteroatoms. The van der Waals surface area contributed by atoms with Crippen molar-refractivity contribution in [1.82, 2.24) is 0 Å². The van der Waals surface area contributed by atoms with Gasteiger partial charge in [-0.3, -0.25) is 0 Å². The highest BCUT2D eigenvalue weighted by Crippen LogP contribution is 2.50. The average molecular weight is 759 g/mol. The molecule has 7 rings (SSSR count). The SMILES string of the molecule is COC(c1ccccc1)(c1ccccc1)[C@@H]1OB(/C=C/CO[Si](c2ccccc2)(c2ccccc2)C(C)(C)C)O[C@H]1C(OC)(c1ccccc1)c1ccccc1. The van der Waals surface area contributed by atoms with E-state index in [0.29, 0.717) is 6.61 Å². The van der Waals surface area contributed by atoms with E-state index in [-0.39, 0.29) is 5.04 Å². The van der Waals surface area contributed by atoms with E-state index in [1.54, 1.807) is 14.2 Å². The molecule has 0 radical (unpaired) electrons. The average Bonchev–Trinajstić information content (AvgIpc) is 3.68. The molecule has 1 heterocycles. The second-order valence-electron chi connectivity index (χ2n) is 15.2. The van der Waals surface area contributed by atoms with Gasteiger partial charge in [-0.2, -0.15) is 0 Å². The largest absolute Gasteiger partial charge is 0.486 e. The van der Waals surface area contributed by atoms with E-state index < -0.39 is 38.8 Å². The lowest BCUT2D eigenvalue weighted by atomic mass is 9.71. The van der Waals surface area contributed by atoms with Crippen LogP contribution in [-0.4, -0.2) is 48.5 Å². The van der Waals surface area contributed by atoms with Gasteiger partial charge in [0.05, 0.1) is 6.61 Å². The molecule has 1 fully saturated rings. The van der Waals surface area contributed by atoms with Crippen molar-refractivity contribution in [2.75, 3.05) is 20.8 Å². The second kappa shape index (κ2) is 17.1. The number of ether oxygens (including phenoxy) is 2. The summed E-state index contributed by atoms with van der Waals surface area (Å²) in [5.41, 5.74) is 1.59. The van der Waals surface area contributed by atoms with Gasteiger partial charge in [-0.15, -0.1) is 0 Å². The molecule has 0 amide bonds. The predicted molar refractivity (Wildman–Crippen MR) is 230 cm³/mol. The Morgan fingerprint density at radius 2 is 0.804 bits per heavy atom. The number of benzene rings is 6. The van der Waals surface area contributed by atoms with Crippen molar-refractivity contribution in [1.29, 1.82) is 0 Å². The van der Waals surface area contributed by atoms with Crippen LogP contribution in [0, 0.1) is 0 Å². The summed E-state index contributed by atoms with van der Waals surface area (Å²) >= 11 is 0. The van der Waals surface area contributed by atoms with E-state index in [9.17, 15) is 0 Å². The standard InChI is InChI=1S/C49H51BO5Si/c1-47(2,3)56(43-33-20-10-21-34-43,44-35-22-11-23-36-44)53-38-24-37-50-54-45(48(51-4,39-25-12-6-13-26-39)40-27-14-7-15-28-40)46(55-50)49(52-5,41-29-16-8-17-30-41)42-31-18-9-19-32-42/h6-37,45-46H,38H2,1-5H3/b37-24+/t45-,46-/m1/s1. The molecule has 0 unspecified atom stereocenters. The van der Waals surface area contributed by atoms with Gasteiger partial charge in [-0.1, -0.05) is 215 Å². The quantitative estimate of drug-likeness (QED) is 0.104. The molecule has 0 saturated carbocycles. The molecule has 2 atom stereocenters. The summed E-state index contributed by atoms with van der Waals surface area (Å²) in [6, 6.07) is 62.5. The zero-order chi connectivity index (χ0) is 39.1. The van der Waals surface area contributed by atoms with Crippen LogP contribution in [0.1, 0.15) is 43.0 Å². The molecule has 284 valence electrons. The lowest BCUT2D eigenvalue weighted by Crippen LogP contribution is -2.66. The summed E-state index contributed by atoms with van der Waals surface area (Å²) in [5, 5.41) is 2.30. The van der Waals surface area contributed by atoms with Crippen molar-refractivity contribution in [3.63, 3.8) is 0 Å². The van der Waals surface area contributed by atoms with E-state index >= 15 is 0 Å². The fourth-order valence-electron chi connectivity index (χ4n) is 8.71. The van der Waals surface area contributed by atoms with E-state index in [1.807, 2.05) is 84.8 Å². The van der Waals surface area contributed by atoms with Gasteiger partial charge in [0.15, 0.2) is 0 Å². The molecule has 5 nitrogen and oxygen atoms in total. The Balaban J connectivity index is 1.34. The monoisotopic (exact) mass is 758 g/mol. The van der Waals surface area contributed by atoms with Crippen LogP contribution >= 0.6 is 0 Å². The van der Waals surface area contributed by atoms with E-state index in [1.165, 1.54) is 10.4 Å². The Kier molecular flexibility index (Phi) is 12.0. The van der Waals surface area contributed by atoms with Gasteiger partial charge in [0, 0.05) is 14.2 Å². The molecule has 1 saturated heterocycles. The van der Waals surface area contributed by atoms with E-state index in [0.717, 1.165) is 22.3 Å². The molecular formula is C49H51BO5Si. The highest BCUT2D eigenvalue weighted by atomic mass is 28.4. The maximum absolute atomic E-state index is 7.23. The van der Waals surface area contributed by atoms with Crippen LogP contribution in [0.5, 0.6) is 0 Å². The topological polar surface area (TPSA) is 46.2 Å². The lowest BCUT2D eigenvalue weighted by molar-refractivity contribution is -0.136. The van der Waals surface area contributed by atoms with Gasteiger partial charge in [0.1, 0.15) is 23.4 Å². The first-order chi connectivity index (χ1) is 27.3. The van der Waals surface area contributed by atoms with Crippen LogP contribution < -0.4 is 10.4 Å². The highest BCUT2D eigenvalue weighted by molar-refractivity contribution is 6.99. The third kappa shape index (κ3) is 7.16. The summed E-state index contributed by atoms with van der Waals surface area (Å²) in [4.78, 5) is 0. The minimum absolute atomic E-state index is 0.160. The van der Waals surface area contributed by atoms with Crippen LogP contribution in [0.3, 0.4) is 0 Å². The molecule has 0 aliphatic carbocycles. The Hall–Kier alpha value is -4.86. The minimum atomic E-state index is -2.77. The molecule has 1 aliphatic heterocycles. The van der Waals surface area contributed by atoms with Gasteiger partial charge in [0.2, 0.25) is 0 Å². The second-order valence-corrected chi connectivity index (χ2v) is 19.5. The Morgan fingerprint density at radius 1 is 0.500 bits per heavy atom. The van der Waals surface area contributed by atoms with Gasteiger partial charge in [0.25, 0.3) is 8.32 Å². The van der Waals surface area contributed by atoms with Gasteiger partial charge < -0.3 is 23.2 Å². The van der Waals surface area contributed by atoms with Crippen molar-refractivity contribution >= 4 is 25.8 Å². The first-order valence-electron chi connectivity index (χ1n) is 19.4. The van der Waals surface area contributed by atoms with Crippen LogP contribution in [0.2, 0.25) is 5.04 Å². The van der Waals surface area contributed by atoms with Crippen molar-refractivity contribution in [2.24, 2.45) is 0 Å². The molecule has 1 aliphatic rings. The summed E-state index contributed by atoms with van der Waals surface area (Å²) < 4.78 is 35.2. The van der Waals surface area contributed by atoms with Crippen LogP contribution in [-0.2, 0) is 34.4 Å². The van der Waals surface area contributed by atoms with Gasteiger partial charge in [-0.25, -0.2) is 0 Å². The highest BCUT2D eigenvalue weighted by Gasteiger charge is 2.61. The third-order valence-electron chi connectivity index (χ3n) is 11.2. The summed E-state index contributed by atoms with van der Waals surface area (Å²) in [6.45, 7) is 7.23. The predicted octanol–water partition coefficient (Wildman–Crippen LogP) is 9.11. The molecule has 0 aromatic heterocycles. The summed E-state index contributed by atoms with van der Waals surface area (Å²) in [6.07, 6.45) is 0.664. The fourth-order valence-corrected chi connectivity index (χ4v) is 13.2. The van der Waals surface area contributed by atoms with Crippen LogP contribution in [0.25, 0.3) is 0 Å². The number of hydrogen-bond donors (Lipinski definition) is 0. The van der Waals surface area contributed by atoms with Crippen molar-refractivity contribution in [3.05, 3.63) is 216 Å². The van der Waals surface area contributed by atoms with Crippen LogP contribution in [0.4, 0.5) is 0 Å². The van der Waals surface area contributed by atoms with Crippen molar-refractivity contribution in [2.45, 2.75) is 49.2 Å². The summed E-state index contributed by atoms with van der Waals surface area (Å²) in [7, 11) is -0.0253. The zero-order valence-electron chi connectivity index (χ0n) is 33.0. The Morgan fingerprint density at radius 3 is 1.09 bits per heavy atom. The number of rotatable bonds is 14. The minimum Gasteiger partial charge on any atom is -0.404 e. The molecule has 0 bridgehead atoms. The first-order valence-corrected chi connectivity index (χ1v) is 21.3. The molecule has 56 heavy (non-hydrogen) atoms. The van der Waals surface area contributed by atoms with Crippen molar-refractivity contribution in [3.8, 4) is 0 Å². The smallest absolute Gasteiger partial charge is 0.404 e. The maximum Gasteiger partial charge on any atom is 0.486 e. The van der Waals surface area contributed by atoms with E-state index in [2.05, 4.69) is 130 Å². The van der Waals surface area contributed by atoms with Crippen molar-refractivity contribution < 1.29 is 23.2 Å². The van der Waals surface area contributed by atoms with Gasteiger partial charge >= 0.3 is 7.12 Å². The molecule has 6 aromatic rings.